The van der Waals surface area contributed by atoms with Gasteiger partial charge in [0.1, 0.15) is 23.2 Å². The molecule has 2 aromatic carbocycles. The van der Waals surface area contributed by atoms with Crippen LogP contribution in [0.25, 0.3) is 21.9 Å². The minimum atomic E-state index is -0.166. The number of para-hydroxylation sites is 2. The lowest BCUT2D eigenvalue weighted by molar-refractivity contribution is 0.596. The zero-order valence-electron chi connectivity index (χ0n) is 14.2. The Labute approximate surface area is 150 Å². The molecule has 26 heavy (non-hydrogen) atoms. The summed E-state index contributed by atoms with van der Waals surface area (Å²) in [6.07, 6.45) is 1.63. The lowest BCUT2D eigenvalue weighted by atomic mass is 10.2. The smallest absolute Gasteiger partial charge is 0.156 e. The summed E-state index contributed by atoms with van der Waals surface area (Å²) in [5.74, 6) is 0.750. The zero-order chi connectivity index (χ0) is 17.5. The zero-order valence-corrected chi connectivity index (χ0v) is 14.2. The van der Waals surface area contributed by atoms with Crippen LogP contribution in [0.5, 0.6) is 0 Å². The van der Waals surface area contributed by atoms with Gasteiger partial charge in [-0.15, -0.1) is 0 Å². The van der Waals surface area contributed by atoms with Gasteiger partial charge in [0.05, 0.1) is 5.69 Å². The third-order valence-corrected chi connectivity index (χ3v) is 5.04. The number of piperazine rings is 1. The van der Waals surface area contributed by atoms with Crippen LogP contribution in [-0.2, 0) is 0 Å². The van der Waals surface area contributed by atoms with Crippen molar-refractivity contribution in [3.05, 3.63) is 60.7 Å². The van der Waals surface area contributed by atoms with Crippen LogP contribution in [0.4, 0.5) is 15.9 Å². The highest BCUT2D eigenvalue weighted by Gasteiger charge is 2.22. The van der Waals surface area contributed by atoms with Crippen molar-refractivity contribution in [2.75, 3.05) is 36.0 Å². The van der Waals surface area contributed by atoms with E-state index in [2.05, 4.69) is 36.9 Å². The maximum Gasteiger partial charge on any atom is 0.156 e. The number of halogens is 1. The summed E-state index contributed by atoms with van der Waals surface area (Å²) in [5, 5.41) is 1.11. The molecule has 5 nitrogen and oxygen atoms in total. The Morgan fingerprint density at radius 2 is 1.58 bits per heavy atom. The van der Waals surface area contributed by atoms with Crippen molar-refractivity contribution in [1.29, 1.82) is 0 Å². The third-order valence-electron chi connectivity index (χ3n) is 5.04. The summed E-state index contributed by atoms with van der Waals surface area (Å²) in [4.78, 5) is 16.8. The van der Waals surface area contributed by atoms with Gasteiger partial charge >= 0.3 is 0 Å². The van der Waals surface area contributed by atoms with E-state index in [1.165, 1.54) is 6.07 Å². The second-order valence-electron chi connectivity index (χ2n) is 6.52. The molecule has 1 N–H and O–H groups in total. The predicted octanol–water partition coefficient (Wildman–Crippen LogP) is 3.58. The molecular weight excluding hydrogens is 329 g/mol. The number of aromatic amines is 1. The van der Waals surface area contributed by atoms with Gasteiger partial charge in [-0.25, -0.2) is 14.4 Å². The first-order chi connectivity index (χ1) is 12.8. The van der Waals surface area contributed by atoms with Gasteiger partial charge in [0.15, 0.2) is 5.82 Å². The normalized spacial score (nSPS) is 15.1. The SMILES string of the molecule is Fc1ccccc1N1CCN(c2ncnc3c2[nH]c2ccccc23)CC1. The molecule has 6 heteroatoms. The van der Waals surface area contributed by atoms with E-state index in [9.17, 15) is 4.39 Å². The van der Waals surface area contributed by atoms with Crippen LogP contribution in [0.3, 0.4) is 0 Å². The molecule has 0 spiro atoms. The van der Waals surface area contributed by atoms with Crippen LogP contribution in [0, 0.1) is 5.82 Å². The number of rotatable bonds is 2. The second kappa shape index (κ2) is 5.98. The van der Waals surface area contributed by atoms with Crippen LogP contribution in [-0.4, -0.2) is 41.1 Å². The summed E-state index contributed by atoms with van der Waals surface area (Å²) in [7, 11) is 0. The van der Waals surface area contributed by atoms with E-state index >= 15 is 0 Å². The Kier molecular flexibility index (Phi) is 3.48. The van der Waals surface area contributed by atoms with Crippen LogP contribution in [0.2, 0.25) is 0 Å². The first-order valence-electron chi connectivity index (χ1n) is 8.77. The summed E-state index contributed by atoms with van der Waals surface area (Å²) in [6, 6.07) is 15.1. The van der Waals surface area contributed by atoms with Gasteiger partial charge < -0.3 is 14.8 Å². The topological polar surface area (TPSA) is 48.1 Å². The van der Waals surface area contributed by atoms with E-state index in [1.54, 1.807) is 12.4 Å². The molecule has 0 radical (unpaired) electrons. The van der Waals surface area contributed by atoms with Crippen molar-refractivity contribution in [3.8, 4) is 0 Å². The Bertz CT molecular complexity index is 1080. The molecular formula is C20H18FN5. The molecule has 0 unspecified atom stereocenters. The molecule has 0 amide bonds. The molecule has 0 aliphatic carbocycles. The minimum Gasteiger partial charge on any atom is -0.366 e. The lowest BCUT2D eigenvalue weighted by Gasteiger charge is -2.36. The first kappa shape index (κ1) is 15.1. The van der Waals surface area contributed by atoms with Crippen molar-refractivity contribution in [1.82, 2.24) is 15.0 Å². The van der Waals surface area contributed by atoms with Crippen LogP contribution in [0.15, 0.2) is 54.9 Å². The molecule has 1 saturated heterocycles. The molecule has 1 aliphatic rings. The monoisotopic (exact) mass is 347 g/mol. The predicted molar refractivity (Wildman–Crippen MR) is 102 cm³/mol. The van der Waals surface area contributed by atoms with Gasteiger partial charge in [0.2, 0.25) is 0 Å². The number of H-pyrrole nitrogens is 1. The number of fused-ring (bicyclic) bond motifs is 3. The standard InChI is InChI=1S/C20H18FN5/c21-15-6-2-4-8-17(15)25-9-11-26(12-10-25)20-19-18(22-13-23-20)14-5-1-3-7-16(14)24-19/h1-8,13,24H,9-12H2. The van der Waals surface area contributed by atoms with Crippen molar-refractivity contribution < 1.29 is 4.39 Å². The van der Waals surface area contributed by atoms with Gasteiger partial charge in [-0.2, -0.15) is 0 Å². The van der Waals surface area contributed by atoms with E-state index < -0.39 is 0 Å². The molecule has 0 saturated carbocycles. The average Bonchev–Trinajstić information content (AvgIpc) is 3.07. The first-order valence-corrected chi connectivity index (χ1v) is 8.77. The maximum atomic E-state index is 14.0. The quantitative estimate of drug-likeness (QED) is 0.602. The van der Waals surface area contributed by atoms with E-state index in [0.717, 1.165) is 53.9 Å². The number of aromatic nitrogens is 3. The van der Waals surface area contributed by atoms with E-state index in [-0.39, 0.29) is 5.82 Å². The highest BCUT2D eigenvalue weighted by Crippen LogP contribution is 2.30. The number of hydrogen-bond acceptors (Lipinski definition) is 4. The van der Waals surface area contributed by atoms with Gasteiger partial charge in [0.25, 0.3) is 0 Å². The molecule has 0 bridgehead atoms. The van der Waals surface area contributed by atoms with Gasteiger partial charge in [0, 0.05) is 37.1 Å². The molecule has 4 aromatic rings. The minimum absolute atomic E-state index is 0.166. The fourth-order valence-corrected chi connectivity index (χ4v) is 3.74. The highest BCUT2D eigenvalue weighted by molar-refractivity contribution is 6.08. The largest absolute Gasteiger partial charge is 0.366 e. The number of nitrogens with zero attached hydrogens (tertiary/aromatic N) is 4. The van der Waals surface area contributed by atoms with Crippen molar-refractivity contribution in [2.45, 2.75) is 0 Å². The van der Waals surface area contributed by atoms with Gasteiger partial charge in [-0.05, 0) is 18.2 Å². The lowest BCUT2D eigenvalue weighted by Crippen LogP contribution is -2.47. The molecule has 1 fully saturated rings. The molecule has 5 rings (SSSR count). The highest BCUT2D eigenvalue weighted by atomic mass is 19.1. The van der Waals surface area contributed by atoms with E-state index in [4.69, 9.17) is 0 Å². The molecule has 130 valence electrons. The second-order valence-corrected chi connectivity index (χ2v) is 6.52. The summed E-state index contributed by atoms with van der Waals surface area (Å²) >= 11 is 0. The van der Waals surface area contributed by atoms with Gasteiger partial charge in [-0.1, -0.05) is 30.3 Å². The van der Waals surface area contributed by atoms with Crippen LogP contribution >= 0.6 is 0 Å². The summed E-state index contributed by atoms with van der Waals surface area (Å²) in [6.45, 7) is 3.09. The van der Waals surface area contributed by atoms with Crippen molar-refractivity contribution in [3.63, 3.8) is 0 Å². The molecule has 0 atom stereocenters. The average molecular weight is 347 g/mol. The van der Waals surface area contributed by atoms with Crippen molar-refractivity contribution in [2.24, 2.45) is 0 Å². The van der Waals surface area contributed by atoms with E-state index in [1.807, 2.05) is 24.3 Å². The Morgan fingerprint density at radius 3 is 2.42 bits per heavy atom. The number of anilines is 2. The molecule has 2 aromatic heterocycles. The number of hydrogen-bond donors (Lipinski definition) is 1. The van der Waals surface area contributed by atoms with Crippen LogP contribution in [0.1, 0.15) is 0 Å². The van der Waals surface area contributed by atoms with Crippen molar-refractivity contribution >= 4 is 33.4 Å². The Balaban J connectivity index is 1.46. The van der Waals surface area contributed by atoms with Gasteiger partial charge in [-0.3, -0.25) is 0 Å². The number of nitrogens with one attached hydrogen (secondary N) is 1. The third kappa shape index (κ3) is 2.37. The summed E-state index contributed by atoms with van der Waals surface area (Å²) < 4.78 is 14.0. The van der Waals surface area contributed by atoms with Crippen LogP contribution < -0.4 is 9.80 Å². The Morgan fingerprint density at radius 1 is 0.846 bits per heavy atom. The fraction of sp³-hybridized carbons (Fsp3) is 0.200. The van der Waals surface area contributed by atoms with E-state index in [0.29, 0.717) is 5.69 Å². The summed E-state index contributed by atoms with van der Waals surface area (Å²) in [5.41, 5.74) is 3.65. The Hall–Kier alpha value is -3.15. The molecule has 1 aliphatic heterocycles. The maximum absolute atomic E-state index is 14.0. The number of benzene rings is 2. The fourth-order valence-electron chi connectivity index (χ4n) is 3.74. The molecule has 3 heterocycles.